The van der Waals surface area contributed by atoms with Crippen LogP contribution in [0, 0.1) is 5.92 Å². The highest BCUT2D eigenvalue weighted by atomic mass is 32.1. The summed E-state index contributed by atoms with van der Waals surface area (Å²) in [6.45, 7) is 6.35. The van der Waals surface area contributed by atoms with E-state index in [-0.39, 0.29) is 5.97 Å². The SMILES string of the molecule is CC(=O)OCCCC(S)CC(C)C. The van der Waals surface area contributed by atoms with Gasteiger partial charge in [-0.2, -0.15) is 12.6 Å². The Hall–Kier alpha value is -0.180. The van der Waals surface area contributed by atoms with E-state index in [0.29, 0.717) is 17.8 Å². The second kappa shape index (κ2) is 7.25. The molecule has 0 bridgehead atoms. The Morgan fingerprint density at radius 3 is 2.54 bits per heavy atom. The van der Waals surface area contributed by atoms with E-state index in [1.165, 1.54) is 6.92 Å². The molecule has 0 saturated carbocycles. The van der Waals surface area contributed by atoms with Crippen LogP contribution in [-0.4, -0.2) is 17.8 Å². The van der Waals surface area contributed by atoms with E-state index in [0.717, 1.165) is 19.3 Å². The first-order valence-electron chi connectivity index (χ1n) is 4.83. The summed E-state index contributed by atoms with van der Waals surface area (Å²) < 4.78 is 4.82. The number of rotatable bonds is 6. The van der Waals surface area contributed by atoms with Crippen molar-refractivity contribution >= 4 is 18.6 Å². The van der Waals surface area contributed by atoms with Gasteiger partial charge < -0.3 is 4.74 Å². The summed E-state index contributed by atoms with van der Waals surface area (Å²) in [5.41, 5.74) is 0. The fraction of sp³-hybridized carbons (Fsp3) is 0.900. The van der Waals surface area contributed by atoms with E-state index >= 15 is 0 Å². The molecule has 0 aromatic rings. The maximum atomic E-state index is 10.4. The molecule has 13 heavy (non-hydrogen) atoms. The van der Waals surface area contributed by atoms with Crippen molar-refractivity contribution in [1.82, 2.24) is 0 Å². The Bertz CT molecular complexity index is 146. The third-order valence-corrected chi connectivity index (χ3v) is 2.20. The van der Waals surface area contributed by atoms with Crippen molar-refractivity contribution in [2.75, 3.05) is 6.61 Å². The van der Waals surface area contributed by atoms with E-state index in [9.17, 15) is 4.79 Å². The molecule has 0 heterocycles. The highest BCUT2D eigenvalue weighted by Crippen LogP contribution is 2.14. The minimum atomic E-state index is -0.195. The number of carbonyl (C=O) groups is 1. The van der Waals surface area contributed by atoms with Crippen LogP contribution >= 0.6 is 12.6 Å². The summed E-state index contributed by atoms with van der Waals surface area (Å²) in [5, 5.41) is 0.440. The van der Waals surface area contributed by atoms with Crippen LogP contribution in [0.15, 0.2) is 0 Å². The van der Waals surface area contributed by atoms with Crippen LogP contribution in [0.1, 0.15) is 40.0 Å². The van der Waals surface area contributed by atoms with Crippen molar-refractivity contribution in [3.63, 3.8) is 0 Å². The Morgan fingerprint density at radius 2 is 2.08 bits per heavy atom. The number of hydrogen-bond acceptors (Lipinski definition) is 3. The summed E-state index contributed by atoms with van der Waals surface area (Å²) >= 11 is 4.45. The van der Waals surface area contributed by atoms with Gasteiger partial charge in [-0.25, -0.2) is 0 Å². The number of ether oxygens (including phenoxy) is 1. The second-order valence-electron chi connectivity index (χ2n) is 3.77. The fourth-order valence-electron chi connectivity index (χ4n) is 1.20. The van der Waals surface area contributed by atoms with Gasteiger partial charge in [0.05, 0.1) is 6.61 Å². The highest BCUT2D eigenvalue weighted by Gasteiger charge is 2.05. The Balaban J connectivity index is 3.26. The van der Waals surface area contributed by atoms with Gasteiger partial charge in [0.1, 0.15) is 0 Å². The molecule has 0 N–H and O–H groups in total. The third-order valence-electron chi connectivity index (χ3n) is 1.73. The van der Waals surface area contributed by atoms with Crippen LogP contribution in [-0.2, 0) is 9.53 Å². The van der Waals surface area contributed by atoms with Crippen molar-refractivity contribution in [1.29, 1.82) is 0 Å². The van der Waals surface area contributed by atoms with Crippen LogP contribution in [0.25, 0.3) is 0 Å². The van der Waals surface area contributed by atoms with Gasteiger partial charge in [0.2, 0.25) is 0 Å². The van der Waals surface area contributed by atoms with Crippen LogP contribution in [0.4, 0.5) is 0 Å². The lowest BCUT2D eigenvalue weighted by molar-refractivity contribution is -0.141. The van der Waals surface area contributed by atoms with Gasteiger partial charge in [-0.3, -0.25) is 4.79 Å². The first kappa shape index (κ1) is 12.8. The largest absolute Gasteiger partial charge is 0.466 e. The molecular weight excluding hydrogens is 184 g/mol. The number of thiol groups is 1. The molecule has 0 radical (unpaired) electrons. The number of hydrogen-bond donors (Lipinski definition) is 1. The molecule has 78 valence electrons. The molecule has 0 aliphatic carbocycles. The average molecular weight is 204 g/mol. The van der Waals surface area contributed by atoms with Gasteiger partial charge in [-0.1, -0.05) is 13.8 Å². The van der Waals surface area contributed by atoms with E-state index in [1.54, 1.807) is 0 Å². The summed E-state index contributed by atoms with van der Waals surface area (Å²) in [4.78, 5) is 10.4. The third kappa shape index (κ3) is 9.74. The van der Waals surface area contributed by atoms with Crippen molar-refractivity contribution in [3.8, 4) is 0 Å². The Kier molecular flexibility index (Phi) is 7.14. The molecule has 0 aromatic carbocycles. The predicted octanol–water partition coefficient (Wildman–Crippen LogP) is 2.67. The molecule has 3 heteroatoms. The molecule has 0 aromatic heterocycles. The van der Waals surface area contributed by atoms with Gasteiger partial charge in [0, 0.05) is 12.2 Å². The van der Waals surface area contributed by atoms with E-state index in [2.05, 4.69) is 26.5 Å². The van der Waals surface area contributed by atoms with E-state index in [4.69, 9.17) is 4.74 Å². The predicted molar refractivity (Wildman–Crippen MR) is 58.1 cm³/mol. The van der Waals surface area contributed by atoms with Crippen molar-refractivity contribution < 1.29 is 9.53 Å². The molecule has 0 spiro atoms. The summed E-state index contributed by atoms with van der Waals surface area (Å²) in [5.74, 6) is 0.496. The Morgan fingerprint density at radius 1 is 1.46 bits per heavy atom. The first-order chi connectivity index (χ1) is 6.02. The van der Waals surface area contributed by atoms with Crippen molar-refractivity contribution in [2.45, 2.75) is 45.3 Å². The summed E-state index contributed by atoms with van der Waals surface area (Å²) in [6.07, 6.45) is 3.07. The van der Waals surface area contributed by atoms with Gasteiger partial charge >= 0.3 is 5.97 Å². The highest BCUT2D eigenvalue weighted by molar-refractivity contribution is 7.80. The number of carbonyl (C=O) groups excluding carboxylic acids is 1. The van der Waals surface area contributed by atoms with Gasteiger partial charge in [0.25, 0.3) is 0 Å². The Labute approximate surface area is 86.5 Å². The lowest BCUT2D eigenvalue weighted by Gasteiger charge is -2.12. The molecule has 0 fully saturated rings. The first-order valence-corrected chi connectivity index (χ1v) is 5.35. The molecule has 0 aliphatic heterocycles. The van der Waals surface area contributed by atoms with Crippen LogP contribution < -0.4 is 0 Å². The molecule has 0 saturated heterocycles. The second-order valence-corrected chi connectivity index (χ2v) is 4.50. The van der Waals surface area contributed by atoms with E-state index < -0.39 is 0 Å². The quantitative estimate of drug-likeness (QED) is 0.409. The lowest BCUT2D eigenvalue weighted by atomic mass is 10.1. The summed E-state index contributed by atoms with van der Waals surface area (Å²) in [6, 6.07) is 0. The topological polar surface area (TPSA) is 26.3 Å². The van der Waals surface area contributed by atoms with Crippen molar-refractivity contribution in [2.24, 2.45) is 5.92 Å². The van der Waals surface area contributed by atoms with Crippen LogP contribution in [0.2, 0.25) is 0 Å². The van der Waals surface area contributed by atoms with Gasteiger partial charge in [-0.15, -0.1) is 0 Å². The maximum absolute atomic E-state index is 10.4. The minimum Gasteiger partial charge on any atom is -0.466 e. The standard InChI is InChI=1S/C10H20O2S/c1-8(2)7-10(13)5-4-6-12-9(3)11/h8,10,13H,4-7H2,1-3H3. The smallest absolute Gasteiger partial charge is 0.302 e. The molecule has 0 amide bonds. The molecule has 0 aliphatic rings. The van der Waals surface area contributed by atoms with Gasteiger partial charge in [-0.05, 0) is 25.2 Å². The number of esters is 1. The zero-order valence-electron chi connectivity index (χ0n) is 8.75. The van der Waals surface area contributed by atoms with Crippen LogP contribution in [0.5, 0.6) is 0 Å². The molecule has 1 unspecified atom stereocenters. The zero-order valence-corrected chi connectivity index (χ0v) is 9.64. The minimum absolute atomic E-state index is 0.195. The monoisotopic (exact) mass is 204 g/mol. The van der Waals surface area contributed by atoms with Crippen molar-refractivity contribution in [3.05, 3.63) is 0 Å². The fourth-order valence-corrected chi connectivity index (χ4v) is 1.80. The molecule has 0 rings (SSSR count). The molecular formula is C10H20O2S. The summed E-state index contributed by atoms with van der Waals surface area (Å²) in [7, 11) is 0. The average Bonchev–Trinajstić information content (AvgIpc) is 1.96. The molecule has 2 nitrogen and oxygen atoms in total. The van der Waals surface area contributed by atoms with Crippen LogP contribution in [0.3, 0.4) is 0 Å². The van der Waals surface area contributed by atoms with Gasteiger partial charge in [0.15, 0.2) is 0 Å². The molecule has 1 atom stereocenters. The lowest BCUT2D eigenvalue weighted by Crippen LogP contribution is -2.07. The maximum Gasteiger partial charge on any atom is 0.302 e. The zero-order chi connectivity index (χ0) is 10.3. The normalized spacial score (nSPS) is 13.0. The van der Waals surface area contributed by atoms with E-state index in [1.807, 2.05) is 0 Å².